The van der Waals surface area contributed by atoms with E-state index in [9.17, 15) is 4.79 Å². The smallest absolute Gasteiger partial charge is 0.238 e. The zero-order valence-electron chi connectivity index (χ0n) is 9.75. The minimum absolute atomic E-state index is 0.176. The number of thiazole rings is 1. The number of aryl methyl sites for hydroxylation is 2. The third-order valence-electron chi connectivity index (χ3n) is 2.43. The molecule has 3 N–H and O–H groups in total. The number of carbonyl (C=O) groups is 1. The lowest BCUT2D eigenvalue weighted by Gasteiger charge is -2.20. The Morgan fingerprint density at radius 2 is 2.06 bits per heavy atom. The highest BCUT2D eigenvalue weighted by molar-refractivity contribution is 7.80. The molecule has 88 valence electrons. The van der Waals surface area contributed by atoms with Gasteiger partial charge in [-0.1, -0.05) is 12.2 Å². The second-order valence-electron chi connectivity index (χ2n) is 4.10. The summed E-state index contributed by atoms with van der Waals surface area (Å²) < 4.78 is 0. The van der Waals surface area contributed by atoms with Crippen LogP contribution in [0.4, 0.5) is 5.13 Å². The standard InChI is InChI=1S/C10H15N3OS2/c1-5-6(2)16-9(12-5)13-8(14)10(3,4)7(11)15/h1-4H3,(H2,11,15)(H,12,13,14). The maximum Gasteiger partial charge on any atom is 0.238 e. The van der Waals surface area contributed by atoms with E-state index in [-0.39, 0.29) is 10.9 Å². The molecule has 0 aliphatic heterocycles. The zero-order valence-corrected chi connectivity index (χ0v) is 11.4. The molecule has 0 aromatic carbocycles. The summed E-state index contributed by atoms with van der Waals surface area (Å²) in [6.07, 6.45) is 0. The minimum atomic E-state index is -0.858. The van der Waals surface area contributed by atoms with Gasteiger partial charge in [-0.2, -0.15) is 0 Å². The number of thiocarbonyl (C=S) groups is 1. The number of nitrogens with zero attached hydrogens (tertiary/aromatic N) is 1. The topological polar surface area (TPSA) is 68.0 Å². The van der Waals surface area contributed by atoms with E-state index in [1.54, 1.807) is 13.8 Å². The summed E-state index contributed by atoms with van der Waals surface area (Å²) >= 11 is 6.30. The van der Waals surface area contributed by atoms with Gasteiger partial charge in [-0.3, -0.25) is 4.79 Å². The van der Waals surface area contributed by atoms with E-state index < -0.39 is 5.41 Å². The van der Waals surface area contributed by atoms with Crippen LogP contribution in [0.5, 0.6) is 0 Å². The molecule has 1 amide bonds. The Balaban J connectivity index is 2.83. The lowest BCUT2D eigenvalue weighted by molar-refractivity contribution is -0.121. The Morgan fingerprint density at radius 1 is 1.50 bits per heavy atom. The lowest BCUT2D eigenvalue weighted by atomic mass is 9.92. The molecule has 16 heavy (non-hydrogen) atoms. The van der Waals surface area contributed by atoms with Gasteiger partial charge >= 0.3 is 0 Å². The van der Waals surface area contributed by atoms with Crippen molar-refractivity contribution < 1.29 is 4.79 Å². The summed E-state index contributed by atoms with van der Waals surface area (Å²) in [6.45, 7) is 7.25. The van der Waals surface area contributed by atoms with Gasteiger partial charge in [0.15, 0.2) is 5.13 Å². The fourth-order valence-electron chi connectivity index (χ4n) is 0.891. The quantitative estimate of drug-likeness (QED) is 0.813. The van der Waals surface area contributed by atoms with Gasteiger partial charge < -0.3 is 11.1 Å². The van der Waals surface area contributed by atoms with Gasteiger partial charge in [-0.15, -0.1) is 11.3 Å². The molecule has 1 aromatic heterocycles. The normalized spacial score (nSPS) is 11.2. The first kappa shape index (κ1) is 13.1. The molecule has 1 heterocycles. The van der Waals surface area contributed by atoms with Gasteiger partial charge in [0.1, 0.15) is 0 Å². The largest absolute Gasteiger partial charge is 0.392 e. The third-order valence-corrected chi connectivity index (χ3v) is 3.93. The summed E-state index contributed by atoms with van der Waals surface area (Å²) in [7, 11) is 0. The number of nitrogens with two attached hydrogens (primary N) is 1. The molecule has 6 heteroatoms. The summed E-state index contributed by atoms with van der Waals surface area (Å²) in [5, 5.41) is 3.31. The number of nitrogens with one attached hydrogen (secondary N) is 1. The van der Waals surface area contributed by atoms with E-state index in [0.717, 1.165) is 10.6 Å². The monoisotopic (exact) mass is 257 g/mol. The molecular weight excluding hydrogens is 242 g/mol. The lowest BCUT2D eigenvalue weighted by Crippen LogP contribution is -2.41. The van der Waals surface area contributed by atoms with Crippen molar-refractivity contribution in [2.24, 2.45) is 11.1 Å². The van der Waals surface area contributed by atoms with Gasteiger partial charge in [0.05, 0.1) is 16.1 Å². The molecule has 0 aliphatic rings. The summed E-state index contributed by atoms with van der Waals surface area (Å²) in [5.41, 5.74) is 5.58. The number of carbonyl (C=O) groups excluding carboxylic acids is 1. The van der Waals surface area contributed by atoms with Crippen molar-refractivity contribution in [2.45, 2.75) is 27.7 Å². The van der Waals surface area contributed by atoms with Gasteiger partial charge in [0.2, 0.25) is 5.91 Å². The molecule has 0 aliphatic carbocycles. The van der Waals surface area contributed by atoms with Crippen molar-refractivity contribution in [3.05, 3.63) is 10.6 Å². The van der Waals surface area contributed by atoms with Crippen LogP contribution in [0.25, 0.3) is 0 Å². The van der Waals surface area contributed by atoms with E-state index in [1.807, 2.05) is 13.8 Å². The third kappa shape index (κ3) is 2.56. The Labute approximate surface area is 104 Å². The first-order valence-corrected chi connectivity index (χ1v) is 6.03. The van der Waals surface area contributed by atoms with Crippen LogP contribution in [0.1, 0.15) is 24.4 Å². The molecule has 0 saturated carbocycles. The van der Waals surface area contributed by atoms with Crippen LogP contribution >= 0.6 is 23.6 Å². The second-order valence-corrected chi connectivity index (χ2v) is 5.75. The van der Waals surface area contributed by atoms with E-state index in [4.69, 9.17) is 18.0 Å². The van der Waals surface area contributed by atoms with E-state index >= 15 is 0 Å². The molecule has 0 bridgehead atoms. The molecular formula is C10H15N3OS2. The highest BCUT2D eigenvalue weighted by Crippen LogP contribution is 2.24. The van der Waals surface area contributed by atoms with Crippen LogP contribution in [0, 0.1) is 19.3 Å². The van der Waals surface area contributed by atoms with Crippen molar-refractivity contribution in [1.82, 2.24) is 4.98 Å². The molecule has 0 spiro atoms. The molecule has 0 fully saturated rings. The van der Waals surface area contributed by atoms with Crippen molar-refractivity contribution >= 4 is 39.6 Å². The van der Waals surface area contributed by atoms with Crippen LogP contribution in [-0.2, 0) is 4.79 Å². The first-order chi connectivity index (χ1) is 7.25. The predicted molar refractivity (Wildman–Crippen MR) is 70.8 cm³/mol. The average molecular weight is 257 g/mol. The average Bonchev–Trinajstić information content (AvgIpc) is 2.45. The Morgan fingerprint density at radius 3 is 2.44 bits per heavy atom. The molecule has 1 aromatic rings. The van der Waals surface area contributed by atoms with Crippen LogP contribution in [0.2, 0.25) is 0 Å². The molecule has 4 nitrogen and oxygen atoms in total. The maximum absolute atomic E-state index is 11.9. The highest BCUT2D eigenvalue weighted by atomic mass is 32.1. The van der Waals surface area contributed by atoms with Crippen molar-refractivity contribution in [3.8, 4) is 0 Å². The van der Waals surface area contributed by atoms with E-state index in [0.29, 0.717) is 5.13 Å². The SMILES string of the molecule is Cc1nc(NC(=O)C(C)(C)C(N)=S)sc1C. The fraction of sp³-hybridized carbons (Fsp3) is 0.500. The number of hydrogen-bond acceptors (Lipinski definition) is 4. The summed E-state index contributed by atoms with van der Waals surface area (Å²) in [5.74, 6) is -0.228. The van der Waals surface area contributed by atoms with Gasteiger partial charge in [0.25, 0.3) is 0 Å². The molecule has 0 unspecified atom stereocenters. The number of anilines is 1. The number of amides is 1. The Kier molecular flexibility index (Phi) is 3.64. The Bertz CT molecular complexity index is 418. The van der Waals surface area contributed by atoms with E-state index in [2.05, 4.69) is 10.3 Å². The molecule has 0 saturated heterocycles. The van der Waals surface area contributed by atoms with Crippen LogP contribution < -0.4 is 11.1 Å². The van der Waals surface area contributed by atoms with Crippen molar-refractivity contribution in [1.29, 1.82) is 0 Å². The summed E-state index contributed by atoms with van der Waals surface area (Å²) in [6, 6.07) is 0. The van der Waals surface area contributed by atoms with Gasteiger partial charge in [-0.05, 0) is 27.7 Å². The fourth-order valence-corrected chi connectivity index (χ4v) is 1.79. The van der Waals surface area contributed by atoms with Crippen LogP contribution in [0.3, 0.4) is 0 Å². The second kappa shape index (κ2) is 4.47. The predicted octanol–water partition coefficient (Wildman–Crippen LogP) is 2.01. The van der Waals surface area contributed by atoms with E-state index in [1.165, 1.54) is 11.3 Å². The molecule has 0 atom stereocenters. The number of aromatic nitrogens is 1. The molecule has 1 rings (SSSR count). The summed E-state index contributed by atoms with van der Waals surface area (Å²) in [4.78, 5) is 17.4. The van der Waals surface area contributed by atoms with Gasteiger partial charge in [0, 0.05) is 4.88 Å². The van der Waals surface area contributed by atoms with Crippen LogP contribution in [-0.4, -0.2) is 15.9 Å². The highest BCUT2D eigenvalue weighted by Gasteiger charge is 2.31. The number of rotatable bonds is 3. The minimum Gasteiger partial charge on any atom is -0.392 e. The Hall–Kier alpha value is -1.01. The van der Waals surface area contributed by atoms with Crippen LogP contribution in [0.15, 0.2) is 0 Å². The molecule has 0 radical (unpaired) electrons. The zero-order chi connectivity index (χ0) is 12.5. The first-order valence-electron chi connectivity index (χ1n) is 4.80. The number of hydrogen-bond donors (Lipinski definition) is 2. The van der Waals surface area contributed by atoms with Gasteiger partial charge in [-0.25, -0.2) is 4.98 Å². The van der Waals surface area contributed by atoms with Crippen molar-refractivity contribution in [3.63, 3.8) is 0 Å². The van der Waals surface area contributed by atoms with Crippen molar-refractivity contribution in [2.75, 3.05) is 5.32 Å². The maximum atomic E-state index is 11.9.